The van der Waals surface area contributed by atoms with Gasteiger partial charge in [0.2, 0.25) is 21.8 Å². The fraction of sp³-hybridized carbons (Fsp3) is 0.818. The Bertz CT molecular complexity index is 896. The first-order valence-corrected chi connectivity index (χ1v) is 13.6. The zero-order chi connectivity index (χ0) is 23.4. The minimum absolute atomic E-state index is 0.0537. The molecular formula is C22H37N5O4S. The lowest BCUT2D eigenvalue weighted by molar-refractivity contribution is -0.136. The maximum absolute atomic E-state index is 13.5. The molecule has 4 heterocycles. The van der Waals surface area contributed by atoms with Crippen LogP contribution in [0.25, 0.3) is 0 Å². The van der Waals surface area contributed by atoms with Crippen molar-refractivity contribution >= 4 is 21.8 Å². The van der Waals surface area contributed by atoms with Crippen molar-refractivity contribution < 1.29 is 18.0 Å². The van der Waals surface area contributed by atoms with E-state index in [-0.39, 0.29) is 17.7 Å². The first-order valence-electron chi connectivity index (χ1n) is 11.8. The van der Waals surface area contributed by atoms with Crippen molar-refractivity contribution in [1.29, 1.82) is 0 Å². The van der Waals surface area contributed by atoms with Crippen LogP contribution in [0.1, 0.15) is 40.0 Å². The molecule has 0 saturated carbocycles. The van der Waals surface area contributed by atoms with Crippen molar-refractivity contribution in [3.8, 4) is 0 Å². The minimum Gasteiger partial charge on any atom is -0.335 e. The number of nitrogens with one attached hydrogen (secondary N) is 1. The molecule has 0 aromatic heterocycles. The maximum atomic E-state index is 13.5. The highest BCUT2D eigenvalue weighted by atomic mass is 32.2. The molecule has 4 aliphatic heterocycles. The summed E-state index contributed by atoms with van der Waals surface area (Å²) in [7, 11) is -1.74. The molecular weight excluding hydrogens is 430 g/mol. The molecule has 2 amide bonds. The molecule has 4 aliphatic rings. The maximum Gasteiger partial charge on any atom is 0.245 e. The number of likely N-dealkylation sites (N-methyl/N-ethyl adjacent to an activating group) is 1. The van der Waals surface area contributed by atoms with Gasteiger partial charge in [-0.1, -0.05) is 20.8 Å². The number of amides is 2. The van der Waals surface area contributed by atoms with Gasteiger partial charge in [-0.3, -0.25) is 14.5 Å². The van der Waals surface area contributed by atoms with Gasteiger partial charge in [-0.2, -0.15) is 0 Å². The molecule has 9 nitrogen and oxygen atoms in total. The number of sulfonamides is 1. The summed E-state index contributed by atoms with van der Waals surface area (Å²) < 4.78 is 25.7. The van der Waals surface area contributed by atoms with Gasteiger partial charge in [0.05, 0.1) is 24.3 Å². The van der Waals surface area contributed by atoms with Crippen LogP contribution in [0.4, 0.5) is 0 Å². The molecule has 0 aromatic rings. The lowest BCUT2D eigenvalue weighted by Crippen LogP contribution is -2.51. The first-order chi connectivity index (χ1) is 15.0. The third-order valence-electron chi connectivity index (χ3n) is 7.60. The van der Waals surface area contributed by atoms with Crippen LogP contribution in [0.3, 0.4) is 0 Å². The number of hydrogen-bond donors (Lipinski definition) is 1. The average molecular weight is 468 g/mol. The number of carbonyl (C=O) groups excluding carboxylic acids is 2. The molecule has 3 fully saturated rings. The summed E-state index contributed by atoms with van der Waals surface area (Å²) in [4.78, 5) is 30.7. The summed E-state index contributed by atoms with van der Waals surface area (Å²) in [6.45, 7) is 9.55. The lowest BCUT2D eigenvalue weighted by atomic mass is 9.88. The molecule has 0 bridgehead atoms. The van der Waals surface area contributed by atoms with E-state index in [9.17, 15) is 18.0 Å². The molecule has 0 aliphatic carbocycles. The van der Waals surface area contributed by atoms with Crippen LogP contribution in [0.15, 0.2) is 11.8 Å². The second kappa shape index (κ2) is 8.61. The summed E-state index contributed by atoms with van der Waals surface area (Å²) in [5, 5.41) is 1.93. The predicted octanol–water partition coefficient (Wildman–Crippen LogP) is 0.464. The van der Waals surface area contributed by atoms with Crippen LogP contribution in [0.5, 0.6) is 0 Å². The van der Waals surface area contributed by atoms with E-state index >= 15 is 0 Å². The number of carbonyl (C=O) groups is 2. The number of rotatable bonds is 5. The second-order valence-corrected chi connectivity index (χ2v) is 12.2. The highest BCUT2D eigenvalue weighted by Crippen LogP contribution is 2.41. The van der Waals surface area contributed by atoms with Gasteiger partial charge in [0, 0.05) is 25.8 Å². The summed E-state index contributed by atoms with van der Waals surface area (Å²) in [5.74, 6) is -0.241. The minimum atomic E-state index is -3.67. The zero-order valence-corrected chi connectivity index (χ0v) is 20.6. The van der Waals surface area contributed by atoms with Crippen molar-refractivity contribution in [3.05, 3.63) is 11.8 Å². The topological polar surface area (TPSA) is 93.3 Å². The molecule has 32 heavy (non-hydrogen) atoms. The van der Waals surface area contributed by atoms with Crippen LogP contribution < -0.4 is 5.43 Å². The zero-order valence-electron chi connectivity index (χ0n) is 19.8. The Morgan fingerprint density at radius 3 is 2.44 bits per heavy atom. The van der Waals surface area contributed by atoms with Crippen LogP contribution in [0.2, 0.25) is 0 Å². The van der Waals surface area contributed by atoms with E-state index in [1.165, 1.54) is 12.8 Å². The van der Waals surface area contributed by atoms with Crippen molar-refractivity contribution in [1.82, 2.24) is 24.5 Å². The lowest BCUT2D eigenvalue weighted by Gasteiger charge is -2.32. The highest BCUT2D eigenvalue weighted by Gasteiger charge is 2.58. The fourth-order valence-corrected chi connectivity index (χ4v) is 7.01. The van der Waals surface area contributed by atoms with Gasteiger partial charge in [-0.15, -0.1) is 0 Å². The molecule has 4 rings (SSSR count). The van der Waals surface area contributed by atoms with Crippen LogP contribution >= 0.6 is 0 Å². The Morgan fingerprint density at radius 1 is 1.19 bits per heavy atom. The van der Waals surface area contributed by atoms with Crippen molar-refractivity contribution in [3.63, 3.8) is 0 Å². The van der Waals surface area contributed by atoms with Crippen molar-refractivity contribution in [2.45, 2.75) is 58.2 Å². The van der Waals surface area contributed by atoms with Gasteiger partial charge in [-0.25, -0.2) is 18.1 Å². The number of hydrogen-bond acceptors (Lipinski definition) is 7. The predicted molar refractivity (Wildman–Crippen MR) is 122 cm³/mol. The molecule has 4 atom stereocenters. The quantitative estimate of drug-likeness (QED) is 0.628. The van der Waals surface area contributed by atoms with E-state index in [2.05, 4.69) is 17.2 Å². The number of nitrogens with zero attached hydrogens (tertiary/aromatic N) is 4. The van der Waals surface area contributed by atoms with Gasteiger partial charge >= 0.3 is 0 Å². The Hall–Kier alpha value is -1.65. The van der Waals surface area contributed by atoms with Gasteiger partial charge in [-0.05, 0) is 50.3 Å². The third-order valence-corrected chi connectivity index (χ3v) is 8.77. The monoisotopic (exact) mass is 467 g/mol. The molecule has 0 spiro atoms. The summed E-state index contributed by atoms with van der Waals surface area (Å²) in [5.41, 5.74) is 4.34. The van der Waals surface area contributed by atoms with E-state index in [1.54, 1.807) is 4.90 Å². The smallest absolute Gasteiger partial charge is 0.245 e. The normalized spacial score (nSPS) is 32.2. The van der Waals surface area contributed by atoms with Gasteiger partial charge in [0.15, 0.2) is 0 Å². The number of hydrazine groups is 1. The van der Waals surface area contributed by atoms with E-state index < -0.39 is 34.1 Å². The SMILES string of the molecule is CC1CCN(CC2=CC(C(=O)N3CC[C@H]4[C@H]3[C@@H](C(C)C)C(=O)N4S(C)(=O)=O)NN2C)CC1. The third kappa shape index (κ3) is 4.17. The van der Waals surface area contributed by atoms with E-state index in [0.717, 1.165) is 41.8 Å². The Kier molecular flexibility index (Phi) is 6.32. The summed E-state index contributed by atoms with van der Waals surface area (Å²) in [6.07, 6.45) is 5.96. The fourth-order valence-electron chi connectivity index (χ4n) is 5.84. The second-order valence-electron chi connectivity index (χ2n) is 10.3. The van der Waals surface area contributed by atoms with Crippen LogP contribution in [-0.2, 0) is 19.6 Å². The summed E-state index contributed by atoms with van der Waals surface area (Å²) >= 11 is 0. The Labute approximate surface area is 191 Å². The van der Waals surface area contributed by atoms with E-state index in [4.69, 9.17) is 0 Å². The van der Waals surface area contributed by atoms with Crippen LogP contribution in [-0.4, -0.2) is 97.0 Å². The molecule has 180 valence electrons. The number of fused-ring (bicyclic) bond motifs is 1. The van der Waals surface area contributed by atoms with E-state index in [1.807, 2.05) is 32.0 Å². The molecule has 0 radical (unpaired) electrons. The first kappa shape index (κ1) is 23.5. The summed E-state index contributed by atoms with van der Waals surface area (Å²) in [6, 6.07) is -1.36. The average Bonchev–Trinajstić information content (AvgIpc) is 3.34. The van der Waals surface area contributed by atoms with Crippen LogP contribution in [0, 0.1) is 17.8 Å². The molecule has 1 N–H and O–H groups in total. The van der Waals surface area contributed by atoms with Gasteiger partial charge in [0.25, 0.3) is 0 Å². The molecule has 1 unspecified atom stereocenters. The van der Waals surface area contributed by atoms with Crippen molar-refractivity contribution in [2.75, 3.05) is 39.5 Å². The molecule has 0 aromatic carbocycles. The molecule has 3 saturated heterocycles. The standard InChI is InChI=1S/C22H37N5O4S/c1-14(2)19-20-18(27(22(19)29)32(5,30)31)8-11-26(20)21(28)17-12-16(24(4)23-17)13-25-9-6-15(3)7-10-25/h12,14-15,17-20,23H,6-11,13H2,1-5H3/t17?,18-,19+,20-/m0/s1. The van der Waals surface area contributed by atoms with Crippen molar-refractivity contribution in [2.24, 2.45) is 17.8 Å². The van der Waals surface area contributed by atoms with E-state index in [0.29, 0.717) is 13.0 Å². The Morgan fingerprint density at radius 2 is 1.84 bits per heavy atom. The van der Waals surface area contributed by atoms with Gasteiger partial charge in [0.1, 0.15) is 6.04 Å². The highest BCUT2D eigenvalue weighted by molar-refractivity contribution is 7.88. The largest absolute Gasteiger partial charge is 0.335 e. The Balaban J connectivity index is 1.51. The number of likely N-dealkylation sites (tertiary alicyclic amines) is 2. The number of piperidine rings is 1. The molecule has 10 heteroatoms. The van der Waals surface area contributed by atoms with Gasteiger partial charge < -0.3 is 9.91 Å².